The van der Waals surface area contributed by atoms with Crippen molar-refractivity contribution < 1.29 is 9.59 Å². The number of carbonyl (C=O) groups excluding carboxylic acids is 2. The first-order valence-electron chi connectivity index (χ1n) is 4.65. The summed E-state index contributed by atoms with van der Waals surface area (Å²) in [6.45, 7) is 0.0341. The van der Waals surface area contributed by atoms with Crippen molar-refractivity contribution in [1.82, 2.24) is 0 Å². The number of fused-ring (bicyclic) bond motifs is 1. The van der Waals surface area contributed by atoms with Crippen LogP contribution in [0.2, 0.25) is 5.02 Å². The molecule has 1 heterocycles. The molecule has 0 saturated heterocycles. The number of halogens is 3. The van der Waals surface area contributed by atoms with Gasteiger partial charge < -0.3 is 0 Å². The van der Waals surface area contributed by atoms with E-state index < -0.39 is 11.7 Å². The molecule has 0 unspecified atom stereocenters. The third-order valence-electron chi connectivity index (χ3n) is 2.37. The van der Waals surface area contributed by atoms with Crippen molar-refractivity contribution in [2.75, 3.05) is 11.4 Å². The number of hydrogen-bond acceptors (Lipinski definition) is 2. The van der Waals surface area contributed by atoms with Gasteiger partial charge in [0.1, 0.15) is 0 Å². The van der Waals surface area contributed by atoms with E-state index >= 15 is 0 Å². The van der Waals surface area contributed by atoms with Crippen LogP contribution in [0.15, 0.2) is 28.8 Å². The maximum absolute atomic E-state index is 11.8. The summed E-state index contributed by atoms with van der Waals surface area (Å²) >= 11 is 17.2. The highest BCUT2D eigenvalue weighted by Crippen LogP contribution is 2.36. The van der Waals surface area contributed by atoms with Crippen LogP contribution in [0.1, 0.15) is 10.4 Å². The summed E-state index contributed by atoms with van der Waals surface area (Å²) in [5.74, 6) is -1.23. The molecule has 17 heavy (non-hydrogen) atoms. The Labute approximate surface area is 113 Å². The lowest BCUT2D eigenvalue weighted by molar-refractivity contribution is -0.114. The van der Waals surface area contributed by atoms with Crippen molar-refractivity contribution >= 4 is 52.2 Å². The number of hydrogen-bond donors (Lipinski definition) is 0. The molecular formula is C11H6Cl3NO2. The van der Waals surface area contributed by atoms with Crippen LogP contribution in [0.5, 0.6) is 0 Å². The van der Waals surface area contributed by atoms with E-state index in [-0.39, 0.29) is 11.6 Å². The van der Waals surface area contributed by atoms with Crippen molar-refractivity contribution in [1.29, 1.82) is 0 Å². The molecular weight excluding hydrogens is 284 g/mol. The van der Waals surface area contributed by atoms with Crippen LogP contribution in [0, 0.1) is 0 Å². The second-order valence-corrected chi connectivity index (χ2v) is 4.52. The summed E-state index contributed by atoms with van der Waals surface area (Å²) in [5, 5.41) is 0.585. The highest BCUT2D eigenvalue weighted by Gasteiger charge is 2.37. The lowest BCUT2D eigenvalue weighted by Gasteiger charge is -2.16. The predicted molar refractivity (Wildman–Crippen MR) is 67.9 cm³/mol. The second kappa shape index (κ2) is 4.69. The van der Waals surface area contributed by atoms with E-state index in [2.05, 4.69) is 0 Å². The Morgan fingerprint density at radius 2 is 2.06 bits per heavy atom. The van der Waals surface area contributed by atoms with Crippen molar-refractivity contribution in [3.05, 3.63) is 39.4 Å². The minimum atomic E-state index is -0.648. The van der Waals surface area contributed by atoms with Gasteiger partial charge in [0.15, 0.2) is 0 Å². The van der Waals surface area contributed by atoms with E-state index in [0.29, 0.717) is 16.3 Å². The molecule has 0 aliphatic carbocycles. The number of amides is 1. The monoisotopic (exact) mass is 289 g/mol. The van der Waals surface area contributed by atoms with Gasteiger partial charge in [-0.25, -0.2) is 0 Å². The summed E-state index contributed by atoms with van der Waals surface area (Å²) in [6, 6.07) is 4.78. The fraction of sp³-hybridized carbons (Fsp3) is 0.0909. The van der Waals surface area contributed by atoms with Gasteiger partial charge in [0.25, 0.3) is 11.7 Å². The first-order valence-corrected chi connectivity index (χ1v) is 5.85. The third kappa shape index (κ3) is 2.06. The summed E-state index contributed by atoms with van der Waals surface area (Å²) in [5.41, 5.74) is 1.83. The molecule has 1 aliphatic heterocycles. The fourth-order valence-electron chi connectivity index (χ4n) is 1.65. The maximum Gasteiger partial charge on any atom is 0.299 e. The fourth-order valence-corrected chi connectivity index (χ4v) is 2.11. The van der Waals surface area contributed by atoms with Gasteiger partial charge in [-0.15, -0.1) is 0 Å². The molecule has 0 N–H and O–H groups in total. The Morgan fingerprint density at radius 3 is 2.71 bits per heavy atom. The first kappa shape index (κ1) is 12.4. The number of benzene rings is 1. The smallest absolute Gasteiger partial charge is 0.298 e. The number of nitrogens with zero attached hydrogens (tertiary/aromatic N) is 1. The van der Waals surface area contributed by atoms with Crippen molar-refractivity contribution in [2.45, 2.75) is 0 Å². The van der Waals surface area contributed by atoms with E-state index in [9.17, 15) is 9.59 Å². The molecule has 0 radical (unpaired) electrons. The van der Waals surface area contributed by atoms with Crippen LogP contribution in [0.25, 0.3) is 0 Å². The molecule has 3 nitrogen and oxygen atoms in total. The molecule has 0 bridgehead atoms. The number of rotatable bonds is 2. The maximum atomic E-state index is 11.8. The number of ketones is 1. The topological polar surface area (TPSA) is 37.4 Å². The summed E-state index contributed by atoms with van der Waals surface area (Å²) < 4.78 is 0. The summed E-state index contributed by atoms with van der Waals surface area (Å²) in [4.78, 5) is 24.7. The molecule has 0 fully saturated rings. The van der Waals surface area contributed by atoms with Crippen LogP contribution in [0.3, 0.4) is 0 Å². The average Bonchev–Trinajstić information content (AvgIpc) is 2.56. The van der Waals surface area contributed by atoms with E-state index in [1.807, 2.05) is 0 Å². The Morgan fingerprint density at radius 1 is 1.35 bits per heavy atom. The van der Waals surface area contributed by atoms with Gasteiger partial charge in [-0.05, 0) is 12.1 Å². The average molecular weight is 291 g/mol. The van der Waals surface area contributed by atoms with Crippen LogP contribution >= 0.6 is 34.8 Å². The molecule has 0 saturated carbocycles. The van der Waals surface area contributed by atoms with E-state index in [1.54, 1.807) is 18.2 Å². The second-order valence-electron chi connectivity index (χ2n) is 3.41. The molecule has 6 heteroatoms. The Hall–Kier alpha value is -1.03. The number of anilines is 1. The third-order valence-corrected chi connectivity index (χ3v) is 3.28. The van der Waals surface area contributed by atoms with Crippen LogP contribution in [-0.4, -0.2) is 18.2 Å². The molecule has 0 atom stereocenters. The lowest BCUT2D eigenvalue weighted by Crippen LogP contribution is -2.30. The first-order chi connectivity index (χ1) is 8.06. The molecule has 1 aliphatic rings. The van der Waals surface area contributed by atoms with Gasteiger partial charge in [-0.2, -0.15) is 0 Å². The zero-order chi connectivity index (χ0) is 12.6. The minimum Gasteiger partial charge on any atom is -0.298 e. The highest BCUT2D eigenvalue weighted by atomic mass is 35.5. The molecule has 1 aromatic carbocycles. The van der Waals surface area contributed by atoms with Gasteiger partial charge in [0, 0.05) is 10.6 Å². The largest absolute Gasteiger partial charge is 0.299 e. The minimum absolute atomic E-state index is 0.0341. The van der Waals surface area contributed by atoms with Crippen molar-refractivity contribution in [3.63, 3.8) is 0 Å². The van der Waals surface area contributed by atoms with Gasteiger partial charge in [-0.3, -0.25) is 14.5 Å². The molecule has 1 aromatic rings. The van der Waals surface area contributed by atoms with Gasteiger partial charge in [-0.1, -0.05) is 40.9 Å². The molecule has 0 spiro atoms. The summed E-state index contributed by atoms with van der Waals surface area (Å²) in [7, 11) is 0. The van der Waals surface area contributed by atoms with Crippen LogP contribution in [0.4, 0.5) is 5.69 Å². The Balaban J connectivity index is 2.50. The van der Waals surface area contributed by atoms with Crippen LogP contribution < -0.4 is 4.90 Å². The van der Waals surface area contributed by atoms with Gasteiger partial charge >= 0.3 is 0 Å². The standard InChI is InChI=1S/C11H6Cl3NO2/c12-4-6(13)5-15-9-7(10(16)11(15)17)2-1-3-8(9)14/h1-4H,5H2. The van der Waals surface area contributed by atoms with Crippen molar-refractivity contribution in [2.24, 2.45) is 0 Å². The highest BCUT2D eigenvalue weighted by molar-refractivity contribution is 6.54. The quantitative estimate of drug-likeness (QED) is 0.785. The zero-order valence-electron chi connectivity index (χ0n) is 8.41. The van der Waals surface area contributed by atoms with E-state index in [1.165, 1.54) is 4.90 Å². The Kier molecular flexibility index (Phi) is 3.43. The van der Waals surface area contributed by atoms with Gasteiger partial charge in [0.2, 0.25) is 0 Å². The van der Waals surface area contributed by atoms with E-state index in [4.69, 9.17) is 34.8 Å². The number of para-hydroxylation sites is 1. The molecule has 0 aromatic heterocycles. The molecule has 88 valence electrons. The number of Topliss-reactive ketones (excluding diaryl/α,β-unsaturated/α-hetero) is 1. The number of carbonyl (C=O) groups is 2. The normalized spacial score (nSPS) is 15.5. The Bertz CT molecular complexity index is 540. The lowest BCUT2D eigenvalue weighted by atomic mass is 10.1. The van der Waals surface area contributed by atoms with E-state index in [0.717, 1.165) is 5.54 Å². The van der Waals surface area contributed by atoms with Gasteiger partial charge in [0.05, 0.1) is 22.8 Å². The molecule has 1 amide bonds. The van der Waals surface area contributed by atoms with Crippen LogP contribution in [-0.2, 0) is 4.79 Å². The predicted octanol–water partition coefficient (Wildman–Crippen LogP) is 3.19. The molecule has 2 rings (SSSR count). The zero-order valence-corrected chi connectivity index (χ0v) is 10.7. The van der Waals surface area contributed by atoms with Crippen molar-refractivity contribution in [3.8, 4) is 0 Å². The SMILES string of the molecule is O=C1C(=O)N(CC(Cl)=CCl)c2c(Cl)cccc21. The summed E-state index contributed by atoms with van der Waals surface area (Å²) in [6.07, 6.45) is 0.